The first-order chi connectivity index (χ1) is 12.5. The Labute approximate surface area is 169 Å². The highest BCUT2D eigenvalue weighted by Gasteiger charge is 2.46. The molecule has 1 saturated carbocycles. The Kier molecular flexibility index (Phi) is 4.83. The lowest BCUT2D eigenvalue weighted by atomic mass is 10.1. The molecular formula is C19H17IN2O3S. The Morgan fingerprint density at radius 2 is 1.92 bits per heavy atom. The van der Waals surface area contributed by atoms with Gasteiger partial charge in [-0.25, -0.2) is 4.90 Å². The van der Waals surface area contributed by atoms with Crippen LogP contribution in [0.25, 0.3) is 0 Å². The first-order valence-electron chi connectivity index (χ1n) is 8.50. The monoisotopic (exact) mass is 480 g/mol. The van der Waals surface area contributed by atoms with Gasteiger partial charge in [0.1, 0.15) is 6.04 Å². The van der Waals surface area contributed by atoms with Gasteiger partial charge in [-0.1, -0.05) is 6.07 Å². The van der Waals surface area contributed by atoms with Crippen molar-refractivity contribution in [3.63, 3.8) is 0 Å². The maximum absolute atomic E-state index is 13.0. The van der Waals surface area contributed by atoms with Crippen LogP contribution in [0.3, 0.4) is 0 Å². The van der Waals surface area contributed by atoms with Gasteiger partial charge in [-0.2, -0.15) is 0 Å². The Morgan fingerprint density at radius 1 is 1.19 bits per heavy atom. The van der Waals surface area contributed by atoms with Crippen molar-refractivity contribution in [2.24, 2.45) is 5.92 Å². The van der Waals surface area contributed by atoms with Crippen LogP contribution in [-0.4, -0.2) is 28.7 Å². The molecule has 1 aromatic carbocycles. The molecule has 26 heavy (non-hydrogen) atoms. The fourth-order valence-corrected chi connectivity index (χ4v) is 4.26. The molecule has 2 aromatic rings. The highest BCUT2D eigenvalue weighted by molar-refractivity contribution is 14.1. The van der Waals surface area contributed by atoms with Gasteiger partial charge in [0.05, 0.1) is 18.7 Å². The van der Waals surface area contributed by atoms with Crippen LogP contribution in [-0.2, 0) is 20.9 Å². The van der Waals surface area contributed by atoms with Gasteiger partial charge >= 0.3 is 0 Å². The highest BCUT2D eigenvalue weighted by atomic mass is 127. The van der Waals surface area contributed by atoms with Crippen molar-refractivity contribution in [2.45, 2.75) is 31.8 Å². The summed E-state index contributed by atoms with van der Waals surface area (Å²) < 4.78 is 1.03. The van der Waals surface area contributed by atoms with Crippen molar-refractivity contribution in [3.8, 4) is 0 Å². The molecule has 7 heteroatoms. The van der Waals surface area contributed by atoms with Crippen molar-refractivity contribution < 1.29 is 14.4 Å². The van der Waals surface area contributed by atoms with E-state index in [4.69, 9.17) is 0 Å². The lowest BCUT2D eigenvalue weighted by Gasteiger charge is -2.27. The van der Waals surface area contributed by atoms with Crippen LogP contribution in [0.4, 0.5) is 5.69 Å². The third-order valence-corrected chi connectivity index (χ3v) is 6.28. The van der Waals surface area contributed by atoms with Crippen LogP contribution in [0, 0.1) is 9.49 Å². The van der Waals surface area contributed by atoms with E-state index in [2.05, 4.69) is 22.6 Å². The number of benzene rings is 1. The van der Waals surface area contributed by atoms with Crippen LogP contribution in [0.2, 0.25) is 0 Å². The van der Waals surface area contributed by atoms with Crippen molar-refractivity contribution in [3.05, 3.63) is 50.2 Å². The lowest BCUT2D eigenvalue weighted by molar-refractivity contribution is -0.140. The van der Waals surface area contributed by atoms with Gasteiger partial charge in [0.15, 0.2) is 0 Å². The molecule has 1 unspecified atom stereocenters. The molecule has 134 valence electrons. The summed E-state index contributed by atoms with van der Waals surface area (Å²) >= 11 is 3.74. The van der Waals surface area contributed by atoms with Crippen LogP contribution < -0.4 is 4.90 Å². The molecular weight excluding hydrogens is 463 g/mol. The molecule has 0 bridgehead atoms. The number of carbonyl (C=O) groups is 3. The summed E-state index contributed by atoms with van der Waals surface area (Å²) in [5.74, 6) is -0.554. The van der Waals surface area contributed by atoms with Gasteiger partial charge in [-0.05, 0) is 71.1 Å². The van der Waals surface area contributed by atoms with Gasteiger partial charge < -0.3 is 4.90 Å². The predicted molar refractivity (Wildman–Crippen MR) is 108 cm³/mol. The first kappa shape index (κ1) is 17.7. The zero-order chi connectivity index (χ0) is 18.3. The number of nitrogens with zero attached hydrogens (tertiary/aromatic N) is 2. The smallest absolute Gasteiger partial charge is 0.257 e. The van der Waals surface area contributed by atoms with Gasteiger partial charge in [-0.15, -0.1) is 11.3 Å². The number of anilines is 1. The van der Waals surface area contributed by atoms with Gasteiger partial charge in [0.2, 0.25) is 11.8 Å². The molecule has 3 amide bonds. The molecule has 5 nitrogen and oxygen atoms in total. The number of rotatable bonds is 5. The minimum Gasteiger partial charge on any atom is -0.325 e. The van der Waals surface area contributed by atoms with E-state index in [9.17, 15) is 14.4 Å². The molecule has 0 N–H and O–H groups in total. The zero-order valence-corrected chi connectivity index (χ0v) is 16.9. The van der Waals surface area contributed by atoms with E-state index in [0.717, 1.165) is 21.3 Å². The second-order valence-electron chi connectivity index (χ2n) is 6.58. The molecule has 1 aliphatic carbocycles. The van der Waals surface area contributed by atoms with E-state index in [1.54, 1.807) is 28.4 Å². The average molecular weight is 480 g/mol. The number of carbonyl (C=O) groups excluding carboxylic acids is 3. The molecule has 0 spiro atoms. The average Bonchev–Trinajstić information content (AvgIpc) is 3.27. The SMILES string of the molecule is O=C1CC(N(Cc2cccs2)C(=O)C2CC2)C(=O)N1c1ccc(I)cc1. The number of imide groups is 1. The van der Waals surface area contributed by atoms with Crippen molar-refractivity contribution in [2.75, 3.05) is 4.90 Å². The third kappa shape index (κ3) is 3.42. The molecule has 4 rings (SSSR count). The molecule has 2 heterocycles. The first-order valence-corrected chi connectivity index (χ1v) is 10.5. The summed E-state index contributed by atoms with van der Waals surface area (Å²) in [5.41, 5.74) is 0.567. The van der Waals surface area contributed by atoms with Gasteiger partial charge in [0.25, 0.3) is 5.91 Å². The largest absolute Gasteiger partial charge is 0.325 e. The molecule has 1 atom stereocenters. The van der Waals surface area contributed by atoms with Crippen molar-refractivity contribution in [1.82, 2.24) is 4.90 Å². The number of halogens is 1. The second-order valence-corrected chi connectivity index (χ2v) is 8.86. The summed E-state index contributed by atoms with van der Waals surface area (Å²) in [6.45, 7) is 0.386. The molecule has 2 fully saturated rings. The summed E-state index contributed by atoms with van der Waals surface area (Å²) in [7, 11) is 0. The molecule has 1 saturated heterocycles. The Morgan fingerprint density at radius 3 is 2.54 bits per heavy atom. The van der Waals surface area contributed by atoms with E-state index in [1.807, 2.05) is 29.6 Å². The maximum Gasteiger partial charge on any atom is 0.257 e. The van der Waals surface area contributed by atoms with Crippen LogP contribution in [0.1, 0.15) is 24.1 Å². The molecule has 1 aliphatic heterocycles. The van der Waals surface area contributed by atoms with Crippen LogP contribution >= 0.6 is 33.9 Å². The topological polar surface area (TPSA) is 57.7 Å². The lowest BCUT2D eigenvalue weighted by Crippen LogP contribution is -2.45. The maximum atomic E-state index is 13.0. The quantitative estimate of drug-likeness (QED) is 0.487. The summed E-state index contributed by atoms with van der Waals surface area (Å²) in [6.07, 6.45) is 1.79. The van der Waals surface area contributed by atoms with Gasteiger partial charge in [-0.3, -0.25) is 14.4 Å². The summed E-state index contributed by atoms with van der Waals surface area (Å²) in [5, 5.41) is 1.95. The standard InChI is InChI=1S/C19H17IN2O3S/c20-13-5-7-14(8-6-13)22-17(23)10-16(19(22)25)21(18(24)12-3-4-12)11-15-2-1-9-26-15/h1-2,5-9,12,16H,3-4,10-11H2. The van der Waals surface area contributed by atoms with E-state index < -0.39 is 6.04 Å². The van der Waals surface area contributed by atoms with Gasteiger partial charge in [0, 0.05) is 14.4 Å². The minimum atomic E-state index is -0.711. The number of hydrogen-bond donors (Lipinski definition) is 0. The summed E-state index contributed by atoms with van der Waals surface area (Å²) in [6, 6.07) is 10.4. The second kappa shape index (κ2) is 7.11. The Bertz CT molecular complexity index is 846. The summed E-state index contributed by atoms with van der Waals surface area (Å²) in [4.78, 5) is 42.3. The predicted octanol–water partition coefficient (Wildman–Crippen LogP) is 3.42. The molecule has 0 radical (unpaired) electrons. The van der Waals surface area contributed by atoms with Crippen molar-refractivity contribution >= 4 is 57.3 Å². The van der Waals surface area contributed by atoms with E-state index >= 15 is 0 Å². The van der Waals surface area contributed by atoms with E-state index in [1.165, 1.54) is 4.90 Å². The van der Waals surface area contributed by atoms with Crippen molar-refractivity contribution in [1.29, 1.82) is 0 Å². The van der Waals surface area contributed by atoms with Crippen LogP contribution in [0.15, 0.2) is 41.8 Å². The van der Waals surface area contributed by atoms with Crippen LogP contribution in [0.5, 0.6) is 0 Å². The van der Waals surface area contributed by atoms with E-state index in [0.29, 0.717) is 12.2 Å². The molecule has 1 aromatic heterocycles. The third-order valence-electron chi connectivity index (χ3n) is 4.70. The molecule has 2 aliphatic rings. The van der Waals surface area contributed by atoms with E-state index in [-0.39, 0.29) is 30.1 Å². The minimum absolute atomic E-state index is 0.00483. The number of hydrogen-bond acceptors (Lipinski definition) is 4. The fraction of sp³-hybridized carbons (Fsp3) is 0.316. The Balaban J connectivity index is 1.61. The zero-order valence-electron chi connectivity index (χ0n) is 13.9. The number of thiophene rings is 1. The fourth-order valence-electron chi connectivity index (χ4n) is 3.20. The Hall–Kier alpha value is -1.74. The number of amides is 3. The highest BCUT2D eigenvalue weighted by Crippen LogP contribution is 2.35. The normalized spacial score (nSPS) is 19.9.